The van der Waals surface area contributed by atoms with Crippen LogP contribution in [0.25, 0.3) is 0 Å². The number of nitrogens with zero attached hydrogens (tertiary/aromatic N) is 2. The first-order chi connectivity index (χ1) is 9.44. The summed E-state index contributed by atoms with van der Waals surface area (Å²) >= 11 is 0. The first kappa shape index (κ1) is 14.4. The standard InChI is InChI=1S/C12H13FN4O2S/c1-8-10(13)5-9(7-14)6-11(8)20(18,19)17-12-3-2-4-15-16-12/h2-6H,7,14H2,1H3,(H,16,17). The molecule has 0 saturated heterocycles. The largest absolute Gasteiger partial charge is 0.326 e. The quantitative estimate of drug-likeness (QED) is 0.883. The van der Waals surface area contributed by atoms with Crippen LogP contribution < -0.4 is 10.5 Å². The number of hydrogen-bond acceptors (Lipinski definition) is 5. The average Bonchev–Trinajstić information content (AvgIpc) is 2.42. The highest BCUT2D eigenvalue weighted by Crippen LogP contribution is 2.22. The number of sulfonamides is 1. The van der Waals surface area contributed by atoms with E-state index in [0.717, 1.165) is 0 Å². The lowest BCUT2D eigenvalue weighted by Gasteiger charge is -2.11. The first-order valence-electron chi connectivity index (χ1n) is 5.73. The highest BCUT2D eigenvalue weighted by molar-refractivity contribution is 7.92. The summed E-state index contributed by atoms with van der Waals surface area (Å²) in [5.74, 6) is -0.557. The Labute approximate surface area is 115 Å². The van der Waals surface area contributed by atoms with Crippen LogP contribution in [0.1, 0.15) is 11.1 Å². The third-order valence-electron chi connectivity index (χ3n) is 2.69. The van der Waals surface area contributed by atoms with Crippen molar-refractivity contribution in [2.75, 3.05) is 4.72 Å². The van der Waals surface area contributed by atoms with E-state index in [1.807, 2.05) is 0 Å². The molecule has 8 heteroatoms. The highest BCUT2D eigenvalue weighted by atomic mass is 32.2. The number of benzene rings is 1. The molecule has 6 nitrogen and oxygen atoms in total. The topological polar surface area (TPSA) is 98.0 Å². The van der Waals surface area contributed by atoms with E-state index >= 15 is 0 Å². The van der Waals surface area contributed by atoms with Gasteiger partial charge in [0.1, 0.15) is 5.82 Å². The minimum atomic E-state index is -3.95. The molecule has 0 unspecified atom stereocenters. The zero-order chi connectivity index (χ0) is 14.8. The van der Waals surface area contributed by atoms with Crippen LogP contribution in [0.5, 0.6) is 0 Å². The van der Waals surface area contributed by atoms with E-state index in [2.05, 4.69) is 14.9 Å². The van der Waals surface area contributed by atoms with Crippen molar-refractivity contribution in [3.63, 3.8) is 0 Å². The second-order valence-electron chi connectivity index (χ2n) is 4.12. The summed E-state index contributed by atoms with van der Waals surface area (Å²) in [6.45, 7) is 1.44. The Hall–Kier alpha value is -2.06. The van der Waals surface area contributed by atoms with Gasteiger partial charge < -0.3 is 5.73 Å². The van der Waals surface area contributed by atoms with Crippen molar-refractivity contribution in [3.8, 4) is 0 Å². The molecule has 0 radical (unpaired) electrons. The third kappa shape index (κ3) is 2.91. The monoisotopic (exact) mass is 296 g/mol. The zero-order valence-corrected chi connectivity index (χ0v) is 11.5. The van der Waals surface area contributed by atoms with Crippen molar-refractivity contribution in [3.05, 3.63) is 47.4 Å². The molecule has 106 valence electrons. The fraction of sp³-hybridized carbons (Fsp3) is 0.167. The zero-order valence-electron chi connectivity index (χ0n) is 10.7. The van der Waals surface area contributed by atoms with Gasteiger partial charge in [0.25, 0.3) is 10.0 Å². The molecule has 20 heavy (non-hydrogen) atoms. The molecule has 1 aromatic carbocycles. The van der Waals surface area contributed by atoms with Crippen molar-refractivity contribution in [1.29, 1.82) is 0 Å². The van der Waals surface area contributed by atoms with Crippen LogP contribution in [0.2, 0.25) is 0 Å². The van der Waals surface area contributed by atoms with Gasteiger partial charge in [-0.2, -0.15) is 5.10 Å². The molecule has 1 aromatic heterocycles. The fourth-order valence-electron chi connectivity index (χ4n) is 1.65. The summed E-state index contributed by atoms with van der Waals surface area (Å²) < 4.78 is 40.5. The van der Waals surface area contributed by atoms with Crippen LogP contribution in [0.15, 0.2) is 35.4 Å². The van der Waals surface area contributed by atoms with E-state index in [0.29, 0.717) is 5.56 Å². The Bertz CT molecular complexity index is 720. The molecule has 0 spiro atoms. The van der Waals surface area contributed by atoms with Crippen molar-refractivity contribution < 1.29 is 12.8 Å². The number of anilines is 1. The molecular weight excluding hydrogens is 283 g/mol. The van der Waals surface area contributed by atoms with Crippen molar-refractivity contribution in [1.82, 2.24) is 10.2 Å². The Balaban J connectivity index is 2.47. The number of halogens is 1. The Morgan fingerprint density at radius 1 is 1.40 bits per heavy atom. The lowest BCUT2D eigenvalue weighted by atomic mass is 10.1. The van der Waals surface area contributed by atoms with Crippen LogP contribution in [-0.2, 0) is 16.6 Å². The highest BCUT2D eigenvalue weighted by Gasteiger charge is 2.20. The van der Waals surface area contributed by atoms with Crippen LogP contribution in [-0.4, -0.2) is 18.6 Å². The maximum atomic E-state index is 13.7. The number of nitrogens with one attached hydrogen (secondary N) is 1. The third-order valence-corrected chi connectivity index (χ3v) is 4.17. The van der Waals surface area contributed by atoms with Crippen molar-refractivity contribution in [2.24, 2.45) is 5.73 Å². The number of hydrogen-bond donors (Lipinski definition) is 2. The van der Waals surface area contributed by atoms with Gasteiger partial charge in [0.05, 0.1) is 4.90 Å². The Morgan fingerprint density at radius 3 is 2.75 bits per heavy atom. The molecule has 1 heterocycles. The number of nitrogens with two attached hydrogens (primary N) is 1. The van der Waals surface area contributed by atoms with Gasteiger partial charge in [0.2, 0.25) is 0 Å². The molecular formula is C12H13FN4O2S. The van der Waals surface area contributed by atoms with E-state index in [1.54, 1.807) is 0 Å². The normalized spacial score (nSPS) is 11.3. The lowest BCUT2D eigenvalue weighted by Crippen LogP contribution is -2.16. The maximum Gasteiger partial charge on any atom is 0.263 e. The predicted molar refractivity (Wildman–Crippen MR) is 71.9 cm³/mol. The van der Waals surface area contributed by atoms with Gasteiger partial charge in [-0.15, -0.1) is 5.10 Å². The Morgan fingerprint density at radius 2 is 2.15 bits per heavy atom. The molecule has 0 fully saturated rings. The average molecular weight is 296 g/mol. The molecule has 0 saturated carbocycles. The first-order valence-corrected chi connectivity index (χ1v) is 7.22. The van der Waals surface area contributed by atoms with Crippen molar-refractivity contribution >= 4 is 15.8 Å². The number of rotatable bonds is 4. The summed E-state index contributed by atoms with van der Waals surface area (Å²) in [5, 5.41) is 7.19. The van der Waals surface area contributed by atoms with Crippen LogP contribution in [0.4, 0.5) is 10.2 Å². The van der Waals surface area contributed by atoms with Gasteiger partial charge in [-0.25, -0.2) is 12.8 Å². The van der Waals surface area contributed by atoms with Gasteiger partial charge in [0.15, 0.2) is 5.82 Å². The van der Waals surface area contributed by atoms with E-state index < -0.39 is 15.8 Å². The maximum absolute atomic E-state index is 13.7. The summed E-state index contributed by atoms with van der Waals surface area (Å²) in [4.78, 5) is -0.163. The second kappa shape index (κ2) is 5.51. The van der Waals surface area contributed by atoms with Crippen LogP contribution in [0, 0.1) is 12.7 Å². The SMILES string of the molecule is Cc1c(F)cc(CN)cc1S(=O)(=O)Nc1cccnn1. The number of aromatic nitrogens is 2. The molecule has 0 amide bonds. The van der Waals surface area contributed by atoms with Gasteiger partial charge >= 0.3 is 0 Å². The van der Waals surface area contributed by atoms with E-state index in [-0.39, 0.29) is 22.8 Å². The molecule has 0 aliphatic carbocycles. The molecule has 0 aliphatic rings. The van der Waals surface area contributed by atoms with Gasteiger partial charge in [0, 0.05) is 18.3 Å². The molecule has 3 N–H and O–H groups in total. The van der Waals surface area contributed by atoms with Crippen LogP contribution in [0.3, 0.4) is 0 Å². The summed E-state index contributed by atoms with van der Waals surface area (Å²) in [5.41, 5.74) is 5.85. The minimum Gasteiger partial charge on any atom is -0.326 e. The molecule has 0 bridgehead atoms. The summed E-state index contributed by atoms with van der Waals surface area (Å²) in [6.07, 6.45) is 1.41. The molecule has 2 aromatic rings. The molecule has 2 rings (SSSR count). The fourth-order valence-corrected chi connectivity index (χ4v) is 2.95. The summed E-state index contributed by atoms with van der Waals surface area (Å²) in [7, 11) is -3.95. The summed E-state index contributed by atoms with van der Waals surface area (Å²) in [6, 6.07) is 5.55. The molecule has 0 atom stereocenters. The van der Waals surface area contributed by atoms with Crippen molar-refractivity contribution in [2.45, 2.75) is 18.4 Å². The van der Waals surface area contributed by atoms with Gasteiger partial charge in [-0.1, -0.05) is 0 Å². The minimum absolute atomic E-state index is 0.0265. The van der Waals surface area contributed by atoms with E-state index in [9.17, 15) is 12.8 Å². The van der Waals surface area contributed by atoms with E-state index in [4.69, 9.17) is 5.73 Å². The smallest absolute Gasteiger partial charge is 0.263 e. The molecule has 0 aliphatic heterocycles. The van der Waals surface area contributed by atoms with Gasteiger partial charge in [-0.3, -0.25) is 4.72 Å². The Kier molecular flexibility index (Phi) is 3.96. The lowest BCUT2D eigenvalue weighted by molar-refractivity contribution is 0.589. The predicted octanol–water partition coefficient (Wildman–Crippen LogP) is 1.18. The second-order valence-corrected chi connectivity index (χ2v) is 5.77. The van der Waals surface area contributed by atoms with Crippen LogP contribution >= 0.6 is 0 Å². The van der Waals surface area contributed by atoms with Gasteiger partial charge in [-0.05, 0) is 36.8 Å². The van der Waals surface area contributed by atoms with E-state index in [1.165, 1.54) is 37.4 Å².